The molecule has 0 unspecified atom stereocenters. The molecule has 2 N–H and O–H groups in total. The molecule has 20 heavy (non-hydrogen) atoms. The van der Waals surface area contributed by atoms with Crippen LogP contribution in [0, 0.1) is 11.6 Å². The summed E-state index contributed by atoms with van der Waals surface area (Å²) in [6.45, 7) is 0.646. The van der Waals surface area contributed by atoms with E-state index in [9.17, 15) is 8.78 Å². The number of benzene rings is 2. The average Bonchev–Trinajstić information content (AvgIpc) is 2.38. The molecular weight excluding hydrogens is 278 g/mol. The third-order valence-corrected chi connectivity index (χ3v) is 2.91. The summed E-state index contributed by atoms with van der Waals surface area (Å²) in [7, 11) is 0. The predicted molar refractivity (Wildman–Crippen MR) is 80.7 cm³/mol. The fourth-order valence-electron chi connectivity index (χ4n) is 1.77. The van der Waals surface area contributed by atoms with E-state index in [1.165, 1.54) is 17.7 Å². The fraction of sp³-hybridized carbons (Fsp3) is 0.133. The zero-order chi connectivity index (χ0) is 14.4. The minimum Gasteiger partial charge on any atom is -0.362 e. The molecule has 0 aliphatic heterocycles. The van der Waals surface area contributed by atoms with Crippen LogP contribution in [0.1, 0.15) is 5.56 Å². The predicted octanol–water partition coefficient (Wildman–Crippen LogP) is 3.49. The molecule has 0 aliphatic carbocycles. The van der Waals surface area contributed by atoms with Gasteiger partial charge < -0.3 is 10.6 Å². The Balaban J connectivity index is 1.81. The molecule has 0 radical (unpaired) electrons. The van der Waals surface area contributed by atoms with E-state index in [4.69, 9.17) is 12.2 Å². The Labute approximate surface area is 121 Å². The Hall–Kier alpha value is -2.01. The van der Waals surface area contributed by atoms with E-state index < -0.39 is 11.6 Å². The second kappa shape index (κ2) is 6.96. The molecule has 0 aliphatic rings. The molecule has 0 fully saturated rings. The van der Waals surface area contributed by atoms with Gasteiger partial charge in [-0.3, -0.25) is 0 Å². The Morgan fingerprint density at radius 3 is 2.30 bits per heavy atom. The van der Waals surface area contributed by atoms with Crippen molar-refractivity contribution in [2.45, 2.75) is 6.42 Å². The Morgan fingerprint density at radius 2 is 1.65 bits per heavy atom. The van der Waals surface area contributed by atoms with Crippen molar-refractivity contribution in [2.75, 3.05) is 11.9 Å². The van der Waals surface area contributed by atoms with Gasteiger partial charge in [0.05, 0.1) is 0 Å². The van der Waals surface area contributed by atoms with Crippen LogP contribution < -0.4 is 10.6 Å². The lowest BCUT2D eigenvalue weighted by Gasteiger charge is -2.10. The van der Waals surface area contributed by atoms with Crippen molar-refractivity contribution in [2.24, 2.45) is 0 Å². The van der Waals surface area contributed by atoms with Crippen molar-refractivity contribution < 1.29 is 8.78 Å². The standard InChI is InChI=1S/C15H14F2N2S/c16-12-8-13(17)10-14(9-12)19-15(20)18-7-6-11-4-2-1-3-5-11/h1-5,8-10H,6-7H2,(H2,18,19,20). The largest absolute Gasteiger partial charge is 0.362 e. The minimum atomic E-state index is -0.639. The smallest absolute Gasteiger partial charge is 0.170 e. The first-order valence-electron chi connectivity index (χ1n) is 6.18. The van der Waals surface area contributed by atoms with Crippen LogP contribution in [0.4, 0.5) is 14.5 Å². The van der Waals surface area contributed by atoms with E-state index in [0.29, 0.717) is 17.3 Å². The first kappa shape index (κ1) is 14.4. The topological polar surface area (TPSA) is 24.1 Å². The molecule has 5 heteroatoms. The van der Waals surface area contributed by atoms with Crippen molar-refractivity contribution in [3.8, 4) is 0 Å². The van der Waals surface area contributed by atoms with Gasteiger partial charge >= 0.3 is 0 Å². The van der Waals surface area contributed by atoms with Gasteiger partial charge in [0, 0.05) is 18.3 Å². The Bertz CT molecular complexity index is 567. The van der Waals surface area contributed by atoms with Gasteiger partial charge in [0.1, 0.15) is 11.6 Å². The van der Waals surface area contributed by atoms with Crippen molar-refractivity contribution in [1.82, 2.24) is 5.32 Å². The lowest BCUT2D eigenvalue weighted by molar-refractivity contribution is 0.584. The second-order valence-electron chi connectivity index (χ2n) is 4.27. The fourth-order valence-corrected chi connectivity index (χ4v) is 1.99. The maximum absolute atomic E-state index is 13.0. The average molecular weight is 292 g/mol. The highest BCUT2D eigenvalue weighted by Crippen LogP contribution is 2.12. The van der Waals surface area contributed by atoms with Crippen molar-refractivity contribution in [1.29, 1.82) is 0 Å². The number of nitrogens with one attached hydrogen (secondary N) is 2. The Kier molecular flexibility index (Phi) is 5.01. The summed E-state index contributed by atoms with van der Waals surface area (Å²) in [6.07, 6.45) is 0.820. The van der Waals surface area contributed by atoms with Crippen molar-refractivity contribution >= 4 is 23.0 Å². The molecule has 0 spiro atoms. The van der Waals surface area contributed by atoms with E-state index in [-0.39, 0.29) is 0 Å². The summed E-state index contributed by atoms with van der Waals surface area (Å²) in [5, 5.41) is 6.08. The molecule has 2 aromatic rings. The number of hydrogen-bond acceptors (Lipinski definition) is 1. The molecule has 0 atom stereocenters. The lowest BCUT2D eigenvalue weighted by atomic mass is 10.1. The summed E-state index contributed by atoms with van der Waals surface area (Å²) in [4.78, 5) is 0. The summed E-state index contributed by atoms with van der Waals surface area (Å²) in [5.41, 5.74) is 1.49. The first-order chi connectivity index (χ1) is 9.63. The normalized spacial score (nSPS) is 10.1. The summed E-state index contributed by atoms with van der Waals surface area (Å²) in [6, 6.07) is 13.2. The zero-order valence-electron chi connectivity index (χ0n) is 10.7. The molecular formula is C15H14F2N2S. The SMILES string of the molecule is Fc1cc(F)cc(NC(=S)NCCc2ccccc2)c1. The molecule has 2 aromatic carbocycles. The van der Waals surface area contributed by atoms with Gasteiger partial charge in [-0.15, -0.1) is 0 Å². The minimum absolute atomic E-state index is 0.291. The number of rotatable bonds is 4. The molecule has 2 nitrogen and oxygen atoms in total. The molecule has 0 saturated carbocycles. The summed E-state index contributed by atoms with van der Waals surface area (Å²) < 4.78 is 26.0. The third-order valence-electron chi connectivity index (χ3n) is 2.66. The van der Waals surface area contributed by atoms with E-state index in [2.05, 4.69) is 10.6 Å². The van der Waals surface area contributed by atoms with Crippen LogP contribution >= 0.6 is 12.2 Å². The molecule has 0 saturated heterocycles. The van der Waals surface area contributed by atoms with Gasteiger partial charge in [-0.05, 0) is 36.3 Å². The number of hydrogen-bond donors (Lipinski definition) is 2. The van der Waals surface area contributed by atoms with Crippen LogP contribution in [-0.4, -0.2) is 11.7 Å². The second-order valence-corrected chi connectivity index (χ2v) is 4.68. The molecule has 104 valence electrons. The molecule has 2 rings (SSSR count). The van der Waals surface area contributed by atoms with Gasteiger partial charge in [-0.2, -0.15) is 0 Å². The molecule has 0 bridgehead atoms. The van der Waals surface area contributed by atoms with E-state index in [0.717, 1.165) is 12.5 Å². The first-order valence-corrected chi connectivity index (χ1v) is 6.59. The molecule has 0 amide bonds. The van der Waals surface area contributed by atoms with Crippen LogP contribution in [0.5, 0.6) is 0 Å². The number of halogens is 2. The maximum atomic E-state index is 13.0. The quantitative estimate of drug-likeness (QED) is 0.844. The van der Waals surface area contributed by atoms with Crippen LogP contribution in [0.2, 0.25) is 0 Å². The lowest BCUT2D eigenvalue weighted by Crippen LogP contribution is -2.30. The van der Waals surface area contributed by atoms with E-state index in [1.807, 2.05) is 30.3 Å². The van der Waals surface area contributed by atoms with Crippen LogP contribution in [0.25, 0.3) is 0 Å². The van der Waals surface area contributed by atoms with Gasteiger partial charge in [0.25, 0.3) is 0 Å². The zero-order valence-corrected chi connectivity index (χ0v) is 11.5. The van der Waals surface area contributed by atoms with E-state index >= 15 is 0 Å². The number of thiocarbonyl (C=S) groups is 1. The highest BCUT2D eigenvalue weighted by molar-refractivity contribution is 7.80. The van der Waals surface area contributed by atoms with Gasteiger partial charge in [-0.1, -0.05) is 30.3 Å². The summed E-state index contributed by atoms with van der Waals surface area (Å²) in [5.74, 6) is -1.28. The van der Waals surface area contributed by atoms with Crippen LogP contribution in [0.15, 0.2) is 48.5 Å². The van der Waals surface area contributed by atoms with Crippen LogP contribution in [0.3, 0.4) is 0 Å². The van der Waals surface area contributed by atoms with E-state index in [1.54, 1.807) is 0 Å². The van der Waals surface area contributed by atoms with Gasteiger partial charge in [0.15, 0.2) is 5.11 Å². The van der Waals surface area contributed by atoms with Crippen molar-refractivity contribution in [3.63, 3.8) is 0 Å². The highest BCUT2D eigenvalue weighted by Gasteiger charge is 2.02. The monoisotopic (exact) mass is 292 g/mol. The molecule has 0 heterocycles. The van der Waals surface area contributed by atoms with Gasteiger partial charge in [-0.25, -0.2) is 8.78 Å². The van der Waals surface area contributed by atoms with Crippen molar-refractivity contribution in [3.05, 3.63) is 65.7 Å². The number of anilines is 1. The van der Waals surface area contributed by atoms with Crippen LogP contribution in [-0.2, 0) is 6.42 Å². The third kappa shape index (κ3) is 4.59. The highest BCUT2D eigenvalue weighted by atomic mass is 32.1. The van der Waals surface area contributed by atoms with Gasteiger partial charge in [0.2, 0.25) is 0 Å². The Morgan fingerprint density at radius 1 is 1.00 bits per heavy atom. The summed E-state index contributed by atoms with van der Waals surface area (Å²) >= 11 is 5.07. The molecule has 0 aromatic heterocycles. The maximum Gasteiger partial charge on any atom is 0.170 e.